The van der Waals surface area contributed by atoms with Crippen molar-refractivity contribution in [1.82, 2.24) is 15.2 Å². The molecule has 1 rings (SSSR count). The van der Waals surface area contributed by atoms with Gasteiger partial charge in [-0.3, -0.25) is 4.98 Å². The lowest BCUT2D eigenvalue weighted by Crippen LogP contribution is -2.44. The van der Waals surface area contributed by atoms with Crippen LogP contribution >= 0.6 is 0 Å². The highest BCUT2D eigenvalue weighted by atomic mass is 15.1. The molecule has 3 nitrogen and oxygen atoms in total. The van der Waals surface area contributed by atoms with E-state index in [4.69, 9.17) is 0 Å². The Morgan fingerprint density at radius 1 is 1.25 bits per heavy atom. The molecule has 0 aliphatic rings. The standard InChI is InChI=1S/C17H31N3/c1-5-10-19-17(15(3)6-2)14-20(4)13-9-16-7-11-18-12-8-16/h7-8,11-12,15,17,19H,5-6,9-10,13-14H2,1-4H3. The van der Waals surface area contributed by atoms with Crippen molar-refractivity contribution < 1.29 is 0 Å². The maximum atomic E-state index is 4.07. The Labute approximate surface area is 124 Å². The topological polar surface area (TPSA) is 28.2 Å². The van der Waals surface area contributed by atoms with Gasteiger partial charge in [-0.15, -0.1) is 0 Å². The summed E-state index contributed by atoms with van der Waals surface area (Å²) >= 11 is 0. The third-order valence-electron chi connectivity index (χ3n) is 4.03. The van der Waals surface area contributed by atoms with E-state index in [1.807, 2.05) is 12.4 Å². The van der Waals surface area contributed by atoms with Crippen LogP contribution in [0.3, 0.4) is 0 Å². The monoisotopic (exact) mass is 277 g/mol. The Balaban J connectivity index is 2.38. The molecule has 0 fully saturated rings. The maximum Gasteiger partial charge on any atom is 0.0270 e. The second kappa shape index (κ2) is 9.89. The van der Waals surface area contributed by atoms with E-state index >= 15 is 0 Å². The van der Waals surface area contributed by atoms with Crippen LogP contribution in [-0.2, 0) is 6.42 Å². The van der Waals surface area contributed by atoms with Crippen LogP contribution in [0.25, 0.3) is 0 Å². The highest BCUT2D eigenvalue weighted by molar-refractivity contribution is 5.09. The summed E-state index contributed by atoms with van der Waals surface area (Å²) in [7, 11) is 2.23. The van der Waals surface area contributed by atoms with Crippen molar-refractivity contribution in [1.29, 1.82) is 0 Å². The highest BCUT2D eigenvalue weighted by Crippen LogP contribution is 2.09. The van der Waals surface area contributed by atoms with Crippen LogP contribution in [0.4, 0.5) is 0 Å². The molecule has 0 saturated heterocycles. The number of hydrogen-bond donors (Lipinski definition) is 1. The fourth-order valence-corrected chi connectivity index (χ4v) is 2.36. The molecule has 0 aliphatic carbocycles. The van der Waals surface area contributed by atoms with Crippen molar-refractivity contribution >= 4 is 0 Å². The summed E-state index contributed by atoms with van der Waals surface area (Å²) in [6.45, 7) is 10.2. The van der Waals surface area contributed by atoms with Gasteiger partial charge in [0.15, 0.2) is 0 Å². The van der Waals surface area contributed by atoms with Crippen LogP contribution in [-0.4, -0.2) is 42.6 Å². The first-order valence-corrected chi connectivity index (χ1v) is 7.98. The molecule has 3 heteroatoms. The normalized spacial score (nSPS) is 14.4. The van der Waals surface area contributed by atoms with Gasteiger partial charge in [-0.1, -0.05) is 27.2 Å². The van der Waals surface area contributed by atoms with Crippen LogP contribution in [0.1, 0.15) is 39.2 Å². The largest absolute Gasteiger partial charge is 0.312 e. The Bertz CT molecular complexity index is 339. The van der Waals surface area contributed by atoms with Gasteiger partial charge in [-0.25, -0.2) is 0 Å². The number of hydrogen-bond acceptors (Lipinski definition) is 3. The van der Waals surface area contributed by atoms with Crippen LogP contribution in [0, 0.1) is 5.92 Å². The molecule has 0 saturated carbocycles. The molecule has 2 unspecified atom stereocenters. The van der Waals surface area contributed by atoms with Crippen molar-refractivity contribution in [2.45, 2.75) is 46.1 Å². The number of aromatic nitrogens is 1. The first kappa shape index (κ1) is 17.1. The summed E-state index contributed by atoms with van der Waals surface area (Å²) in [5.74, 6) is 0.727. The third-order valence-corrected chi connectivity index (χ3v) is 4.03. The zero-order chi connectivity index (χ0) is 14.8. The molecule has 0 aromatic carbocycles. The number of nitrogens with one attached hydrogen (secondary N) is 1. The molecular formula is C17H31N3. The van der Waals surface area contributed by atoms with Crippen molar-refractivity contribution in [3.05, 3.63) is 30.1 Å². The summed E-state index contributed by atoms with van der Waals surface area (Å²) in [6.07, 6.45) is 7.29. The predicted octanol–water partition coefficient (Wildman–Crippen LogP) is 2.97. The van der Waals surface area contributed by atoms with E-state index in [1.54, 1.807) is 0 Å². The summed E-state index contributed by atoms with van der Waals surface area (Å²) in [6, 6.07) is 4.81. The lowest BCUT2D eigenvalue weighted by molar-refractivity contribution is 0.246. The number of pyridine rings is 1. The van der Waals surface area contributed by atoms with Crippen LogP contribution in [0.15, 0.2) is 24.5 Å². The lowest BCUT2D eigenvalue weighted by atomic mass is 9.98. The average molecular weight is 277 g/mol. The second-order valence-corrected chi connectivity index (χ2v) is 5.81. The number of rotatable bonds is 10. The van der Waals surface area contributed by atoms with Gasteiger partial charge in [-0.2, -0.15) is 0 Å². The van der Waals surface area contributed by atoms with Gasteiger partial charge in [0.2, 0.25) is 0 Å². The van der Waals surface area contributed by atoms with E-state index in [2.05, 4.69) is 55.2 Å². The smallest absolute Gasteiger partial charge is 0.0270 e. The summed E-state index contributed by atoms with van der Waals surface area (Å²) in [4.78, 5) is 6.51. The fourth-order valence-electron chi connectivity index (χ4n) is 2.36. The van der Waals surface area contributed by atoms with Crippen LogP contribution in [0.5, 0.6) is 0 Å². The summed E-state index contributed by atoms with van der Waals surface area (Å²) in [5, 5.41) is 3.70. The second-order valence-electron chi connectivity index (χ2n) is 5.81. The van der Waals surface area contributed by atoms with Gasteiger partial charge in [0.05, 0.1) is 0 Å². The Hall–Kier alpha value is -0.930. The van der Waals surface area contributed by atoms with E-state index in [9.17, 15) is 0 Å². The minimum absolute atomic E-state index is 0.599. The molecule has 1 heterocycles. The molecule has 0 aliphatic heterocycles. The maximum absolute atomic E-state index is 4.07. The summed E-state index contributed by atoms with van der Waals surface area (Å²) in [5.41, 5.74) is 1.37. The molecule has 2 atom stereocenters. The minimum Gasteiger partial charge on any atom is -0.312 e. The van der Waals surface area contributed by atoms with Gasteiger partial charge in [0.1, 0.15) is 0 Å². The highest BCUT2D eigenvalue weighted by Gasteiger charge is 2.16. The number of likely N-dealkylation sites (N-methyl/N-ethyl adjacent to an activating group) is 1. The zero-order valence-corrected chi connectivity index (χ0v) is 13.6. The van der Waals surface area contributed by atoms with E-state index in [1.165, 1.54) is 18.4 Å². The van der Waals surface area contributed by atoms with Crippen molar-refractivity contribution in [3.8, 4) is 0 Å². The first-order valence-electron chi connectivity index (χ1n) is 7.98. The van der Waals surface area contributed by atoms with Gasteiger partial charge in [-0.05, 0) is 50.0 Å². The van der Waals surface area contributed by atoms with Crippen LogP contribution in [0.2, 0.25) is 0 Å². The molecule has 0 radical (unpaired) electrons. The van der Waals surface area contributed by atoms with Crippen molar-refractivity contribution in [2.75, 3.05) is 26.7 Å². The molecule has 20 heavy (non-hydrogen) atoms. The Kier molecular flexibility index (Phi) is 8.47. The van der Waals surface area contributed by atoms with E-state index in [-0.39, 0.29) is 0 Å². The van der Waals surface area contributed by atoms with Crippen molar-refractivity contribution in [2.24, 2.45) is 5.92 Å². The van der Waals surface area contributed by atoms with Gasteiger partial charge >= 0.3 is 0 Å². The Morgan fingerprint density at radius 3 is 2.55 bits per heavy atom. The molecule has 1 aromatic rings. The van der Waals surface area contributed by atoms with Crippen molar-refractivity contribution in [3.63, 3.8) is 0 Å². The van der Waals surface area contributed by atoms with E-state index in [0.29, 0.717) is 6.04 Å². The minimum atomic E-state index is 0.599. The zero-order valence-electron chi connectivity index (χ0n) is 13.6. The fraction of sp³-hybridized carbons (Fsp3) is 0.706. The Morgan fingerprint density at radius 2 is 1.95 bits per heavy atom. The van der Waals surface area contributed by atoms with Gasteiger partial charge in [0, 0.05) is 31.5 Å². The average Bonchev–Trinajstić information content (AvgIpc) is 2.49. The lowest BCUT2D eigenvalue weighted by Gasteiger charge is -2.29. The van der Waals surface area contributed by atoms with Gasteiger partial charge in [0.25, 0.3) is 0 Å². The first-order chi connectivity index (χ1) is 9.67. The molecule has 0 spiro atoms. The molecule has 0 bridgehead atoms. The third kappa shape index (κ3) is 6.49. The predicted molar refractivity (Wildman–Crippen MR) is 87.0 cm³/mol. The quantitative estimate of drug-likeness (QED) is 0.712. The molecule has 0 amide bonds. The molecule has 1 aromatic heterocycles. The van der Waals surface area contributed by atoms with E-state index < -0.39 is 0 Å². The molecule has 114 valence electrons. The van der Waals surface area contributed by atoms with E-state index in [0.717, 1.165) is 32.0 Å². The molecular weight excluding hydrogens is 246 g/mol. The van der Waals surface area contributed by atoms with Crippen LogP contribution < -0.4 is 5.32 Å². The summed E-state index contributed by atoms with van der Waals surface area (Å²) < 4.78 is 0. The van der Waals surface area contributed by atoms with Gasteiger partial charge < -0.3 is 10.2 Å². The number of nitrogens with zero attached hydrogens (tertiary/aromatic N) is 2. The SMILES string of the molecule is CCCNC(CN(C)CCc1ccncc1)C(C)CC. The molecule has 1 N–H and O–H groups in total.